The van der Waals surface area contributed by atoms with Gasteiger partial charge < -0.3 is 14.6 Å². The second kappa shape index (κ2) is 8.31. The highest BCUT2D eigenvalue weighted by Gasteiger charge is 2.31. The SMILES string of the molecule is O=C(O[C@H](C(=O)N1CCCCC1)c1ccccc1)c1cc2ccccc2c(=O)[nH]1. The number of esters is 1. The van der Waals surface area contributed by atoms with Gasteiger partial charge in [0.15, 0.2) is 0 Å². The quantitative estimate of drug-likeness (QED) is 0.692. The van der Waals surface area contributed by atoms with Gasteiger partial charge in [-0.15, -0.1) is 0 Å². The molecule has 2 heterocycles. The summed E-state index contributed by atoms with van der Waals surface area (Å²) in [5.41, 5.74) is 0.273. The van der Waals surface area contributed by atoms with Gasteiger partial charge in [0.2, 0.25) is 6.10 Å². The van der Waals surface area contributed by atoms with Crippen LogP contribution in [0.15, 0.2) is 65.5 Å². The molecule has 29 heavy (non-hydrogen) atoms. The van der Waals surface area contributed by atoms with Crippen molar-refractivity contribution in [2.75, 3.05) is 13.1 Å². The zero-order valence-corrected chi connectivity index (χ0v) is 16.0. The maximum atomic E-state index is 13.1. The minimum atomic E-state index is -1.04. The van der Waals surface area contributed by atoms with E-state index < -0.39 is 12.1 Å². The lowest BCUT2D eigenvalue weighted by molar-refractivity contribution is -0.142. The summed E-state index contributed by atoms with van der Waals surface area (Å²) >= 11 is 0. The molecular weight excluding hydrogens is 368 g/mol. The number of nitrogens with zero attached hydrogens (tertiary/aromatic N) is 1. The maximum absolute atomic E-state index is 13.1. The molecule has 1 amide bonds. The standard InChI is InChI=1S/C23H22N2O4/c26-21-18-12-6-5-11-17(18)15-19(24-21)23(28)29-20(16-9-3-1-4-10-16)22(27)25-13-7-2-8-14-25/h1,3-6,9-12,15,20H,2,7-8,13-14H2,(H,24,26)/t20-/m0/s1. The molecule has 1 saturated heterocycles. The van der Waals surface area contributed by atoms with E-state index in [0.717, 1.165) is 19.3 Å². The number of nitrogens with one attached hydrogen (secondary N) is 1. The third kappa shape index (κ3) is 4.06. The number of ether oxygens (including phenoxy) is 1. The van der Waals surface area contributed by atoms with Crippen LogP contribution in [-0.2, 0) is 9.53 Å². The van der Waals surface area contributed by atoms with Crippen molar-refractivity contribution in [2.45, 2.75) is 25.4 Å². The smallest absolute Gasteiger partial charge is 0.355 e. The van der Waals surface area contributed by atoms with E-state index in [1.807, 2.05) is 6.07 Å². The Hall–Kier alpha value is -3.41. The molecular formula is C23H22N2O4. The Bertz CT molecular complexity index is 1080. The van der Waals surface area contributed by atoms with Gasteiger partial charge in [-0.05, 0) is 36.8 Å². The van der Waals surface area contributed by atoms with Gasteiger partial charge in [-0.3, -0.25) is 9.59 Å². The van der Waals surface area contributed by atoms with Crippen LogP contribution in [0.3, 0.4) is 0 Å². The molecule has 6 heteroatoms. The number of aromatic amines is 1. The van der Waals surface area contributed by atoms with Gasteiger partial charge in [-0.1, -0.05) is 48.5 Å². The number of aromatic nitrogens is 1. The summed E-state index contributed by atoms with van der Waals surface area (Å²) < 4.78 is 5.64. The van der Waals surface area contributed by atoms with E-state index in [9.17, 15) is 14.4 Å². The second-order valence-electron chi connectivity index (χ2n) is 7.18. The first-order chi connectivity index (χ1) is 14.1. The normalized spacial score (nSPS) is 15.1. The summed E-state index contributed by atoms with van der Waals surface area (Å²) in [5, 5.41) is 1.13. The van der Waals surface area contributed by atoms with Gasteiger partial charge in [-0.25, -0.2) is 4.79 Å². The molecule has 1 fully saturated rings. The summed E-state index contributed by atoms with van der Waals surface area (Å²) in [4.78, 5) is 42.6. The Morgan fingerprint density at radius 1 is 0.931 bits per heavy atom. The lowest BCUT2D eigenvalue weighted by Gasteiger charge is -2.30. The van der Waals surface area contributed by atoms with Crippen LogP contribution < -0.4 is 5.56 Å². The summed E-state index contributed by atoms with van der Waals surface area (Å²) in [7, 11) is 0. The van der Waals surface area contributed by atoms with Crippen molar-refractivity contribution in [2.24, 2.45) is 0 Å². The number of hydrogen-bond donors (Lipinski definition) is 1. The van der Waals surface area contributed by atoms with Crippen molar-refractivity contribution in [3.8, 4) is 0 Å². The van der Waals surface area contributed by atoms with E-state index in [1.54, 1.807) is 59.5 Å². The molecule has 1 N–H and O–H groups in total. The molecule has 1 atom stereocenters. The number of hydrogen-bond acceptors (Lipinski definition) is 4. The van der Waals surface area contributed by atoms with E-state index >= 15 is 0 Å². The fourth-order valence-electron chi connectivity index (χ4n) is 3.66. The molecule has 0 unspecified atom stereocenters. The summed E-state index contributed by atoms with van der Waals surface area (Å²) in [6, 6.07) is 17.6. The van der Waals surface area contributed by atoms with Crippen LogP contribution in [-0.4, -0.2) is 34.8 Å². The first kappa shape index (κ1) is 18.9. The lowest BCUT2D eigenvalue weighted by atomic mass is 10.1. The molecule has 1 aliphatic rings. The minimum Gasteiger partial charge on any atom is -0.443 e. The fourth-order valence-corrected chi connectivity index (χ4v) is 3.66. The highest BCUT2D eigenvalue weighted by Crippen LogP contribution is 2.24. The van der Waals surface area contributed by atoms with Crippen LogP contribution >= 0.6 is 0 Å². The number of fused-ring (bicyclic) bond motifs is 1. The average molecular weight is 390 g/mol. The predicted octanol–water partition coefficient (Wildman–Crippen LogP) is 3.44. The Morgan fingerprint density at radius 3 is 2.38 bits per heavy atom. The van der Waals surface area contributed by atoms with Crippen LogP contribution in [0.1, 0.15) is 41.4 Å². The molecule has 1 aliphatic heterocycles. The van der Waals surface area contributed by atoms with Gasteiger partial charge in [0.25, 0.3) is 11.5 Å². The number of rotatable bonds is 4. The Morgan fingerprint density at radius 2 is 1.62 bits per heavy atom. The second-order valence-corrected chi connectivity index (χ2v) is 7.18. The number of carbonyl (C=O) groups is 2. The molecule has 0 radical (unpaired) electrons. The van der Waals surface area contributed by atoms with Crippen molar-refractivity contribution in [1.82, 2.24) is 9.88 Å². The molecule has 4 rings (SSSR count). The minimum absolute atomic E-state index is 0.0288. The van der Waals surface area contributed by atoms with Gasteiger partial charge >= 0.3 is 5.97 Å². The van der Waals surface area contributed by atoms with Crippen LogP contribution in [0.4, 0.5) is 0 Å². The number of likely N-dealkylation sites (tertiary alicyclic amines) is 1. The maximum Gasteiger partial charge on any atom is 0.355 e. The fraction of sp³-hybridized carbons (Fsp3) is 0.261. The summed E-state index contributed by atoms with van der Waals surface area (Å²) in [6.07, 6.45) is 1.94. The number of H-pyrrole nitrogens is 1. The van der Waals surface area contributed by atoms with Gasteiger partial charge in [0.1, 0.15) is 5.69 Å². The van der Waals surface area contributed by atoms with Gasteiger partial charge in [0, 0.05) is 24.0 Å². The predicted molar refractivity (Wildman–Crippen MR) is 110 cm³/mol. The van der Waals surface area contributed by atoms with E-state index in [4.69, 9.17) is 4.74 Å². The van der Waals surface area contributed by atoms with Gasteiger partial charge in [-0.2, -0.15) is 0 Å². The van der Waals surface area contributed by atoms with Crippen molar-refractivity contribution in [3.05, 3.63) is 82.3 Å². The average Bonchev–Trinajstić information content (AvgIpc) is 2.78. The first-order valence-corrected chi connectivity index (χ1v) is 9.80. The monoisotopic (exact) mass is 390 g/mol. The van der Waals surface area contributed by atoms with Crippen LogP contribution in [0.2, 0.25) is 0 Å². The molecule has 2 aromatic carbocycles. The number of pyridine rings is 1. The zero-order chi connectivity index (χ0) is 20.2. The van der Waals surface area contributed by atoms with Crippen LogP contribution in [0.25, 0.3) is 10.8 Å². The molecule has 1 aromatic heterocycles. The van der Waals surface area contributed by atoms with E-state index in [2.05, 4.69) is 4.98 Å². The molecule has 3 aromatic rings. The Labute approximate surface area is 168 Å². The lowest BCUT2D eigenvalue weighted by Crippen LogP contribution is -2.40. The Kier molecular flexibility index (Phi) is 5.42. The molecule has 148 valence electrons. The highest BCUT2D eigenvalue weighted by molar-refractivity contribution is 5.95. The number of amides is 1. The van der Waals surface area contributed by atoms with Crippen molar-refractivity contribution in [3.63, 3.8) is 0 Å². The molecule has 0 saturated carbocycles. The van der Waals surface area contributed by atoms with E-state index in [-0.39, 0.29) is 17.2 Å². The molecule has 6 nitrogen and oxygen atoms in total. The summed E-state index contributed by atoms with van der Waals surface area (Å²) in [5.74, 6) is -0.959. The first-order valence-electron chi connectivity index (χ1n) is 9.80. The summed E-state index contributed by atoms with van der Waals surface area (Å²) in [6.45, 7) is 1.32. The number of benzene rings is 2. The number of carbonyl (C=O) groups excluding carboxylic acids is 2. The van der Waals surface area contributed by atoms with Crippen molar-refractivity contribution in [1.29, 1.82) is 0 Å². The van der Waals surface area contributed by atoms with E-state index in [1.165, 1.54) is 0 Å². The largest absolute Gasteiger partial charge is 0.443 e. The Balaban J connectivity index is 1.64. The molecule has 0 aliphatic carbocycles. The van der Waals surface area contributed by atoms with Gasteiger partial charge in [0.05, 0.1) is 0 Å². The van der Waals surface area contributed by atoms with E-state index in [0.29, 0.717) is 29.4 Å². The van der Waals surface area contributed by atoms with Crippen LogP contribution in [0.5, 0.6) is 0 Å². The third-order valence-corrected chi connectivity index (χ3v) is 5.19. The molecule has 0 bridgehead atoms. The highest BCUT2D eigenvalue weighted by atomic mass is 16.5. The third-order valence-electron chi connectivity index (χ3n) is 5.19. The topological polar surface area (TPSA) is 79.5 Å². The molecule has 0 spiro atoms. The van der Waals surface area contributed by atoms with Crippen molar-refractivity contribution < 1.29 is 14.3 Å². The zero-order valence-electron chi connectivity index (χ0n) is 16.0. The number of piperidine rings is 1. The van der Waals surface area contributed by atoms with Crippen molar-refractivity contribution >= 4 is 22.6 Å². The van der Waals surface area contributed by atoms with Crippen LogP contribution in [0, 0.1) is 0 Å².